The minimum Gasteiger partial charge on any atom is -0.489 e. The Morgan fingerprint density at radius 1 is 1.29 bits per heavy atom. The van der Waals surface area contributed by atoms with Gasteiger partial charge in [-0.15, -0.1) is 0 Å². The molecular weight excluding hydrogens is 334 g/mol. The van der Waals surface area contributed by atoms with E-state index in [2.05, 4.69) is 15.9 Å². The Morgan fingerprint density at radius 2 is 1.95 bits per heavy atom. The predicted molar refractivity (Wildman–Crippen MR) is 85.2 cm³/mol. The summed E-state index contributed by atoms with van der Waals surface area (Å²) in [7, 11) is 0. The molecular formula is C16H20BrNO3. The summed E-state index contributed by atoms with van der Waals surface area (Å²) in [5.74, 6) is 0.669. The normalized spacial score (nSPS) is 26.6. The quantitative estimate of drug-likeness (QED) is 0.450. The summed E-state index contributed by atoms with van der Waals surface area (Å²) in [4.78, 5) is 11.3. The first-order chi connectivity index (χ1) is 9.94. The van der Waals surface area contributed by atoms with Gasteiger partial charge in [-0.3, -0.25) is 10.1 Å². The number of nitrogens with zero attached hydrogens (tertiary/aromatic N) is 1. The standard InChI is InChI=1S/C16H20BrNO3/c1-10-7-11(2)13(8-12(10)18(19)20)21-15-9-14(17)16(15)5-3-4-6-16/h7-8,14-15H,3-6,9H2,1-2H3. The fraction of sp³-hybridized carbons (Fsp3) is 0.625. The van der Waals surface area contributed by atoms with Crippen LogP contribution in [0, 0.1) is 29.4 Å². The smallest absolute Gasteiger partial charge is 0.276 e. The summed E-state index contributed by atoms with van der Waals surface area (Å²) >= 11 is 3.78. The molecule has 0 N–H and O–H groups in total. The zero-order valence-electron chi connectivity index (χ0n) is 12.4. The average molecular weight is 354 g/mol. The van der Waals surface area contributed by atoms with E-state index in [0.717, 1.165) is 12.0 Å². The number of aryl methyl sites for hydroxylation is 2. The first-order valence-corrected chi connectivity index (χ1v) is 8.42. The van der Waals surface area contributed by atoms with Crippen LogP contribution in [0.4, 0.5) is 5.69 Å². The number of nitro benzene ring substituents is 1. The second-order valence-corrected chi connectivity index (χ2v) is 7.52. The molecule has 21 heavy (non-hydrogen) atoms. The second kappa shape index (κ2) is 5.27. The van der Waals surface area contributed by atoms with E-state index in [-0.39, 0.29) is 22.1 Å². The molecule has 2 aliphatic carbocycles. The lowest BCUT2D eigenvalue weighted by Gasteiger charge is -2.51. The SMILES string of the molecule is Cc1cc(C)c([N+](=O)[O-])cc1OC1CC(Br)C12CCCC2. The molecule has 2 atom stereocenters. The van der Waals surface area contributed by atoms with Gasteiger partial charge in [0.25, 0.3) is 5.69 Å². The Labute approximate surface area is 133 Å². The molecule has 5 heteroatoms. The summed E-state index contributed by atoms with van der Waals surface area (Å²) in [5.41, 5.74) is 2.05. The Morgan fingerprint density at radius 3 is 2.52 bits per heavy atom. The summed E-state index contributed by atoms with van der Waals surface area (Å²) in [6.07, 6.45) is 6.08. The molecule has 1 spiro atoms. The summed E-state index contributed by atoms with van der Waals surface area (Å²) in [6, 6.07) is 3.44. The van der Waals surface area contributed by atoms with Crippen molar-refractivity contribution in [2.24, 2.45) is 5.41 Å². The summed E-state index contributed by atoms with van der Waals surface area (Å²) in [5, 5.41) is 11.1. The van der Waals surface area contributed by atoms with Crippen molar-refractivity contribution in [2.45, 2.75) is 56.9 Å². The van der Waals surface area contributed by atoms with E-state index >= 15 is 0 Å². The van der Waals surface area contributed by atoms with Gasteiger partial charge in [0.15, 0.2) is 0 Å². The van der Waals surface area contributed by atoms with Crippen molar-refractivity contribution >= 4 is 21.6 Å². The first-order valence-electron chi connectivity index (χ1n) is 7.50. The van der Waals surface area contributed by atoms with Crippen LogP contribution in [0.2, 0.25) is 0 Å². The molecule has 3 rings (SSSR count). The molecule has 0 heterocycles. The molecule has 0 aromatic heterocycles. The molecule has 0 aliphatic heterocycles. The number of rotatable bonds is 3. The van der Waals surface area contributed by atoms with E-state index in [0.29, 0.717) is 16.1 Å². The lowest BCUT2D eigenvalue weighted by Crippen LogP contribution is -2.55. The van der Waals surface area contributed by atoms with Crippen molar-refractivity contribution in [3.05, 3.63) is 33.4 Å². The molecule has 0 bridgehead atoms. The zero-order chi connectivity index (χ0) is 15.2. The number of nitro groups is 1. The van der Waals surface area contributed by atoms with Crippen LogP contribution < -0.4 is 4.74 Å². The largest absolute Gasteiger partial charge is 0.489 e. The number of halogens is 1. The molecule has 114 valence electrons. The van der Waals surface area contributed by atoms with Gasteiger partial charge < -0.3 is 4.74 Å². The van der Waals surface area contributed by atoms with E-state index < -0.39 is 0 Å². The highest BCUT2D eigenvalue weighted by Gasteiger charge is 2.56. The minimum absolute atomic E-state index is 0.144. The average Bonchev–Trinajstić information content (AvgIpc) is 2.93. The highest BCUT2D eigenvalue weighted by Crippen LogP contribution is 2.57. The van der Waals surface area contributed by atoms with Gasteiger partial charge in [-0.1, -0.05) is 28.8 Å². The van der Waals surface area contributed by atoms with Crippen LogP contribution in [0.5, 0.6) is 5.75 Å². The molecule has 1 aromatic rings. The van der Waals surface area contributed by atoms with Gasteiger partial charge in [-0.2, -0.15) is 0 Å². The van der Waals surface area contributed by atoms with Gasteiger partial charge in [0.2, 0.25) is 0 Å². The van der Waals surface area contributed by atoms with Crippen molar-refractivity contribution < 1.29 is 9.66 Å². The van der Waals surface area contributed by atoms with Gasteiger partial charge in [-0.05, 0) is 44.7 Å². The summed E-state index contributed by atoms with van der Waals surface area (Å²) in [6.45, 7) is 3.73. The number of ether oxygens (including phenoxy) is 1. The van der Waals surface area contributed by atoms with Crippen molar-refractivity contribution in [1.82, 2.24) is 0 Å². The van der Waals surface area contributed by atoms with Crippen LogP contribution >= 0.6 is 15.9 Å². The second-order valence-electron chi connectivity index (χ2n) is 6.41. The van der Waals surface area contributed by atoms with E-state index in [9.17, 15) is 10.1 Å². The van der Waals surface area contributed by atoms with Crippen LogP contribution in [0.25, 0.3) is 0 Å². The Bertz CT molecular complexity index is 581. The van der Waals surface area contributed by atoms with Gasteiger partial charge in [-0.25, -0.2) is 0 Å². The third-order valence-electron chi connectivity index (χ3n) is 5.18. The lowest BCUT2D eigenvalue weighted by atomic mass is 9.64. The van der Waals surface area contributed by atoms with E-state index in [1.165, 1.54) is 25.7 Å². The molecule has 0 amide bonds. The molecule has 2 saturated carbocycles. The van der Waals surface area contributed by atoms with Gasteiger partial charge in [0.1, 0.15) is 11.9 Å². The molecule has 0 radical (unpaired) electrons. The van der Waals surface area contributed by atoms with Crippen molar-refractivity contribution in [1.29, 1.82) is 0 Å². The first kappa shape index (κ1) is 14.8. The number of hydrogen-bond acceptors (Lipinski definition) is 3. The van der Waals surface area contributed by atoms with E-state index in [4.69, 9.17) is 4.74 Å². The predicted octanol–water partition coefficient (Wildman–Crippen LogP) is 4.69. The Kier molecular flexibility index (Phi) is 3.72. The van der Waals surface area contributed by atoms with Crippen LogP contribution in [0.15, 0.2) is 12.1 Å². The van der Waals surface area contributed by atoms with Crippen LogP contribution in [-0.2, 0) is 0 Å². The maximum atomic E-state index is 11.1. The fourth-order valence-corrected chi connectivity index (χ4v) is 4.92. The molecule has 4 nitrogen and oxygen atoms in total. The number of benzene rings is 1. The fourth-order valence-electron chi connectivity index (χ4n) is 3.83. The van der Waals surface area contributed by atoms with Crippen molar-refractivity contribution in [3.8, 4) is 5.75 Å². The zero-order valence-corrected chi connectivity index (χ0v) is 14.0. The van der Waals surface area contributed by atoms with Gasteiger partial charge >= 0.3 is 0 Å². The molecule has 0 saturated heterocycles. The third kappa shape index (κ3) is 2.35. The molecule has 2 unspecified atom stereocenters. The third-order valence-corrected chi connectivity index (χ3v) is 6.47. The minimum atomic E-state index is -0.332. The maximum absolute atomic E-state index is 11.1. The topological polar surface area (TPSA) is 52.4 Å². The number of alkyl halides is 1. The monoisotopic (exact) mass is 353 g/mol. The molecule has 2 fully saturated rings. The maximum Gasteiger partial charge on any atom is 0.276 e. The molecule has 2 aliphatic rings. The van der Waals surface area contributed by atoms with Crippen molar-refractivity contribution in [2.75, 3.05) is 0 Å². The Balaban J connectivity index is 1.85. The van der Waals surface area contributed by atoms with Crippen LogP contribution in [0.1, 0.15) is 43.2 Å². The van der Waals surface area contributed by atoms with Crippen LogP contribution in [-0.4, -0.2) is 15.9 Å². The van der Waals surface area contributed by atoms with E-state index in [1.54, 1.807) is 13.0 Å². The van der Waals surface area contributed by atoms with Crippen molar-refractivity contribution in [3.63, 3.8) is 0 Å². The highest BCUT2D eigenvalue weighted by atomic mass is 79.9. The van der Waals surface area contributed by atoms with Gasteiger partial charge in [0, 0.05) is 15.8 Å². The van der Waals surface area contributed by atoms with Crippen LogP contribution in [0.3, 0.4) is 0 Å². The highest BCUT2D eigenvalue weighted by molar-refractivity contribution is 9.09. The Hall–Kier alpha value is -1.10. The van der Waals surface area contributed by atoms with Gasteiger partial charge in [0.05, 0.1) is 11.0 Å². The molecule has 1 aromatic carbocycles. The summed E-state index contributed by atoms with van der Waals surface area (Å²) < 4.78 is 6.20. The lowest BCUT2D eigenvalue weighted by molar-refractivity contribution is -0.385. The number of hydrogen-bond donors (Lipinski definition) is 0. The van der Waals surface area contributed by atoms with E-state index in [1.807, 2.05) is 13.0 Å².